The van der Waals surface area contributed by atoms with E-state index in [1.807, 2.05) is 49.4 Å². The van der Waals surface area contributed by atoms with Crippen molar-refractivity contribution in [2.75, 3.05) is 25.0 Å². The lowest BCUT2D eigenvalue weighted by molar-refractivity contribution is -0.117. The summed E-state index contributed by atoms with van der Waals surface area (Å²) in [7, 11) is 0. The largest absolute Gasteiger partial charge is 0.342 e. The van der Waals surface area contributed by atoms with Crippen LogP contribution in [0.25, 0.3) is 11.0 Å². The van der Waals surface area contributed by atoms with Crippen LogP contribution >= 0.6 is 0 Å². The minimum Gasteiger partial charge on any atom is -0.342 e. The number of aromatic nitrogens is 2. The second-order valence-electron chi connectivity index (χ2n) is 7.13. The number of carbonyl (C=O) groups excluding carboxylic acids is 1. The van der Waals surface area contributed by atoms with Crippen LogP contribution in [-0.2, 0) is 4.79 Å². The Labute approximate surface area is 153 Å². The lowest BCUT2D eigenvalue weighted by atomic mass is 9.97. The number of carbonyl (C=O) groups is 1. The summed E-state index contributed by atoms with van der Waals surface area (Å²) in [6, 6.07) is 16.0. The number of aromatic amines is 1. The lowest BCUT2D eigenvalue weighted by Crippen LogP contribution is -2.40. The van der Waals surface area contributed by atoms with Gasteiger partial charge in [-0.1, -0.05) is 24.3 Å². The van der Waals surface area contributed by atoms with Crippen LogP contribution in [-0.4, -0.2) is 40.4 Å². The van der Waals surface area contributed by atoms with Crippen molar-refractivity contribution in [2.45, 2.75) is 25.7 Å². The summed E-state index contributed by atoms with van der Waals surface area (Å²) in [4.78, 5) is 22.8. The minimum atomic E-state index is 0.0425. The molecule has 5 nitrogen and oxygen atoms in total. The van der Waals surface area contributed by atoms with Gasteiger partial charge in [-0.25, -0.2) is 4.98 Å². The van der Waals surface area contributed by atoms with E-state index in [-0.39, 0.29) is 5.91 Å². The molecule has 0 radical (unpaired) electrons. The van der Waals surface area contributed by atoms with Crippen molar-refractivity contribution in [1.82, 2.24) is 14.9 Å². The van der Waals surface area contributed by atoms with E-state index in [0.717, 1.165) is 54.0 Å². The molecule has 134 valence electrons. The Kier molecular flexibility index (Phi) is 4.71. The van der Waals surface area contributed by atoms with Crippen LogP contribution in [0, 0.1) is 6.92 Å². The zero-order valence-corrected chi connectivity index (χ0v) is 15.0. The molecule has 0 spiro atoms. The first-order valence-electron chi connectivity index (χ1n) is 9.21. The average Bonchev–Trinajstić information content (AvgIpc) is 3.06. The van der Waals surface area contributed by atoms with Crippen LogP contribution in [0.2, 0.25) is 0 Å². The van der Waals surface area contributed by atoms with E-state index in [1.54, 1.807) is 0 Å². The topological polar surface area (TPSA) is 61.0 Å². The molecule has 1 aliphatic heterocycles. The van der Waals surface area contributed by atoms with Gasteiger partial charge in [0.15, 0.2) is 0 Å². The number of fused-ring (bicyclic) bond motifs is 1. The predicted octanol–water partition coefficient (Wildman–Crippen LogP) is 3.69. The quantitative estimate of drug-likeness (QED) is 0.756. The predicted molar refractivity (Wildman–Crippen MR) is 104 cm³/mol. The van der Waals surface area contributed by atoms with Crippen molar-refractivity contribution < 1.29 is 4.79 Å². The summed E-state index contributed by atoms with van der Waals surface area (Å²) < 4.78 is 0. The van der Waals surface area contributed by atoms with Crippen LogP contribution < -0.4 is 5.32 Å². The van der Waals surface area contributed by atoms with Gasteiger partial charge in [-0.2, -0.15) is 0 Å². The Bertz CT molecular complexity index is 884. The van der Waals surface area contributed by atoms with Gasteiger partial charge in [0.1, 0.15) is 5.82 Å². The highest BCUT2D eigenvalue weighted by Gasteiger charge is 2.25. The number of para-hydroxylation sites is 2. The van der Waals surface area contributed by atoms with Gasteiger partial charge in [0.05, 0.1) is 17.6 Å². The number of anilines is 1. The maximum Gasteiger partial charge on any atom is 0.238 e. The Balaban J connectivity index is 1.39. The number of amides is 1. The van der Waals surface area contributed by atoms with E-state index in [1.165, 1.54) is 0 Å². The highest BCUT2D eigenvalue weighted by atomic mass is 16.2. The summed E-state index contributed by atoms with van der Waals surface area (Å²) in [6.07, 6.45) is 2.19. The number of hydrogen-bond acceptors (Lipinski definition) is 3. The molecule has 5 heteroatoms. The molecule has 2 heterocycles. The number of likely N-dealkylation sites (tertiary alicyclic amines) is 1. The normalized spacial score (nSPS) is 18.1. The van der Waals surface area contributed by atoms with Gasteiger partial charge in [-0.15, -0.1) is 0 Å². The number of H-pyrrole nitrogens is 1. The SMILES string of the molecule is Cc1cccc(NC(=O)CN2CCC[C@H](c3nc4ccccc4[nH]3)C2)c1. The number of aryl methyl sites for hydroxylation is 1. The zero-order valence-electron chi connectivity index (χ0n) is 15.0. The Morgan fingerprint density at radius 3 is 3.00 bits per heavy atom. The second kappa shape index (κ2) is 7.30. The van der Waals surface area contributed by atoms with Crippen molar-refractivity contribution in [3.63, 3.8) is 0 Å². The summed E-state index contributed by atoms with van der Waals surface area (Å²) in [5.41, 5.74) is 4.10. The molecular formula is C21H24N4O. The highest BCUT2D eigenvalue weighted by molar-refractivity contribution is 5.92. The summed E-state index contributed by atoms with van der Waals surface area (Å²) in [6.45, 7) is 4.27. The van der Waals surface area contributed by atoms with Crippen LogP contribution in [0.5, 0.6) is 0 Å². The molecule has 0 bridgehead atoms. The Morgan fingerprint density at radius 1 is 1.27 bits per heavy atom. The van der Waals surface area contributed by atoms with Crippen molar-refractivity contribution in [3.05, 3.63) is 59.9 Å². The molecular weight excluding hydrogens is 324 g/mol. The van der Waals surface area contributed by atoms with Gasteiger partial charge in [0.2, 0.25) is 5.91 Å². The second-order valence-corrected chi connectivity index (χ2v) is 7.13. The van der Waals surface area contributed by atoms with E-state index in [4.69, 9.17) is 4.98 Å². The molecule has 26 heavy (non-hydrogen) atoms. The van der Waals surface area contributed by atoms with Gasteiger partial charge in [0, 0.05) is 18.2 Å². The van der Waals surface area contributed by atoms with Crippen molar-refractivity contribution in [2.24, 2.45) is 0 Å². The van der Waals surface area contributed by atoms with Gasteiger partial charge >= 0.3 is 0 Å². The summed E-state index contributed by atoms with van der Waals surface area (Å²) in [5.74, 6) is 1.43. The molecule has 1 aromatic heterocycles. The molecule has 0 unspecified atom stereocenters. The fraction of sp³-hybridized carbons (Fsp3) is 0.333. The molecule has 0 saturated carbocycles. The Morgan fingerprint density at radius 2 is 2.15 bits per heavy atom. The van der Waals surface area contributed by atoms with E-state index < -0.39 is 0 Å². The lowest BCUT2D eigenvalue weighted by Gasteiger charge is -2.31. The highest BCUT2D eigenvalue weighted by Crippen LogP contribution is 2.26. The van der Waals surface area contributed by atoms with Crippen LogP contribution in [0.3, 0.4) is 0 Å². The molecule has 0 aliphatic carbocycles. The number of rotatable bonds is 4. The van der Waals surface area contributed by atoms with Crippen LogP contribution in [0.4, 0.5) is 5.69 Å². The number of nitrogens with one attached hydrogen (secondary N) is 2. The first kappa shape index (κ1) is 16.8. The number of imidazole rings is 1. The smallest absolute Gasteiger partial charge is 0.238 e. The first-order valence-corrected chi connectivity index (χ1v) is 9.21. The molecule has 2 N–H and O–H groups in total. The maximum absolute atomic E-state index is 12.4. The van der Waals surface area contributed by atoms with E-state index >= 15 is 0 Å². The molecule has 4 rings (SSSR count). The monoisotopic (exact) mass is 348 g/mol. The van der Waals surface area contributed by atoms with Crippen molar-refractivity contribution in [3.8, 4) is 0 Å². The number of nitrogens with zero attached hydrogens (tertiary/aromatic N) is 2. The Hall–Kier alpha value is -2.66. The third-order valence-corrected chi connectivity index (χ3v) is 4.97. The minimum absolute atomic E-state index is 0.0425. The fourth-order valence-corrected chi connectivity index (χ4v) is 3.71. The molecule has 1 aliphatic rings. The van der Waals surface area contributed by atoms with Crippen LogP contribution in [0.1, 0.15) is 30.1 Å². The van der Waals surface area contributed by atoms with Gasteiger partial charge in [-0.05, 0) is 56.1 Å². The first-order chi connectivity index (χ1) is 12.7. The third-order valence-electron chi connectivity index (χ3n) is 4.97. The number of benzene rings is 2. The van der Waals surface area contributed by atoms with Gasteiger partial charge in [-0.3, -0.25) is 9.69 Å². The van der Waals surface area contributed by atoms with Crippen molar-refractivity contribution in [1.29, 1.82) is 0 Å². The molecule has 1 fully saturated rings. The van der Waals surface area contributed by atoms with Crippen LogP contribution in [0.15, 0.2) is 48.5 Å². The number of piperidine rings is 1. The molecule has 1 amide bonds. The zero-order chi connectivity index (χ0) is 17.9. The van der Waals surface area contributed by atoms with Gasteiger partial charge < -0.3 is 10.3 Å². The van der Waals surface area contributed by atoms with E-state index in [0.29, 0.717) is 12.5 Å². The molecule has 2 aromatic carbocycles. The van der Waals surface area contributed by atoms with Crippen molar-refractivity contribution >= 4 is 22.6 Å². The van der Waals surface area contributed by atoms with E-state index in [2.05, 4.69) is 21.3 Å². The van der Waals surface area contributed by atoms with Gasteiger partial charge in [0.25, 0.3) is 0 Å². The van der Waals surface area contributed by atoms with E-state index in [9.17, 15) is 4.79 Å². The summed E-state index contributed by atoms with van der Waals surface area (Å²) in [5, 5.41) is 3.00. The molecule has 1 saturated heterocycles. The molecule has 1 atom stereocenters. The maximum atomic E-state index is 12.4. The third kappa shape index (κ3) is 3.78. The average molecular weight is 348 g/mol. The fourth-order valence-electron chi connectivity index (χ4n) is 3.71. The number of hydrogen-bond donors (Lipinski definition) is 2. The summed E-state index contributed by atoms with van der Waals surface area (Å²) >= 11 is 0. The molecule has 3 aromatic rings. The standard InChI is InChI=1S/C21H24N4O/c1-15-6-4-8-17(12-15)22-20(26)14-25-11-5-7-16(13-25)21-23-18-9-2-3-10-19(18)24-21/h2-4,6,8-10,12,16H,5,7,11,13-14H2,1H3,(H,22,26)(H,23,24)/t16-/m0/s1.